The maximum Gasteiger partial charge on any atom is 0.255 e. The number of ether oxygens (including phenoxy) is 2. The van der Waals surface area contributed by atoms with Gasteiger partial charge in [-0.15, -0.1) is 0 Å². The van der Waals surface area contributed by atoms with E-state index >= 15 is 0 Å². The lowest BCUT2D eigenvalue weighted by Gasteiger charge is -2.29. The summed E-state index contributed by atoms with van der Waals surface area (Å²) in [5.74, 6) is 0.885. The van der Waals surface area contributed by atoms with Gasteiger partial charge in [-0.25, -0.2) is 0 Å². The summed E-state index contributed by atoms with van der Waals surface area (Å²) < 4.78 is 10.6. The molecule has 2 heterocycles. The van der Waals surface area contributed by atoms with Gasteiger partial charge in [-0.2, -0.15) is 0 Å². The maximum absolute atomic E-state index is 12.3. The van der Waals surface area contributed by atoms with Gasteiger partial charge in [0.2, 0.25) is 12.7 Å². The molecule has 1 N–H and O–H groups in total. The van der Waals surface area contributed by atoms with E-state index in [1.54, 1.807) is 30.1 Å². The molecule has 1 aromatic rings. The number of nitrogens with one attached hydrogen (secondary N) is 1. The zero-order valence-electron chi connectivity index (χ0n) is 11.2. The van der Waals surface area contributed by atoms with Gasteiger partial charge in [-0.05, 0) is 18.6 Å². The van der Waals surface area contributed by atoms with Crippen LogP contribution in [0.5, 0.6) is 11.5 Å². The molecule has 20 heavy (non-hydrogen) atoms. The first-order valence-corrected chi connectivity index (χ1v) is 6.58. The van der Waals surface area contributed by atoms with Gasteiger partial charge in [0.1, 0.15) is 0 Å². The van der Waals surface area contributed by atoms with Crippen LogP contribution in [0.3, 0.4) is 0 Å². The summed E-state index contributed by atoms with van der Waals surface area (Å²) in [5.41, 5.74) is 0.450. The van der Waals surface area contributed by atoms with E-state index in [2.05, 4.69) is 5.32 Å². The Morgan fingerprint density at radius 3 is 3.05 bits per heavy atom. The van der Waals surface area contributed by atoms with Crippen molar-refractivity contribution in [3.05, 3.63) is 23.8 Å². The number of benzene rings is 1. The van der Waals surface area contributed by atoms with Gasteiger partial charge in [0, 0.05) is 26.1 Å². The Bertz CT molecular complexity index is 558. The second kappa shape index (κ2) is 5.03. The molecule has 0 aromatic heterocycles. The summed E-state index contributed by atoms with van der Waals surface area (Å²) in [6, 6.07) is 5.09. The Balaban J connectivity index is 1.71. The molecule has 0 aliphatic carbocycles. The van der Waals surface area contributed by atoms with E-state index in [-0.39, 0.29) is 24.6 Å². The van der Waals surface area contributed by atoms with Crippen LogP contribution in [0, 0.1) is 0 Å². The van der Waals surface area contributed by atoms with Gasteiger partial charge < -0.3 is 19.7 Å². The van der Waals surface area contributed by atoms with E-state index < -0.39 is 0 Å². The molecule has 0 saturated carbocycles. The number of nitrogens with zero attached hydrogens (tertiary/aromatic N) is 1. The second-order valence-corrected chi connectivity index (χ2v) is 5.02. The molecule has 1 atom stereocenters. The summed E-state index contributed by atoms with van der Waals surface area (Å²) in [7, 11) is 1.77. The predicted octanol–water partition coefficient (Wildman–Crippen LogP) is 0.766. The first-order valence-electron chi connectivity index (χ1n) is 6.58. The molecule has 0 spiro atoms. The van der Waals surface area contributed by atoms with E-state index in [0.717, 1.165) is 6.42 Å². The summed E-state index contributed by atoms with van der Waals surface area (Å²) >= 11 is 0. The molecule has 2 aliphatic rings. The van der Waals surface area contributed by atoms with Crippen molar-refractivity contribution in [1.82, 2.24) is 10.2 Å². The third kappa shape index (κ3) is 2.29. The quantitative estimate of drug-likeness (QED) is 0.866. The number of hydrogen-bond acceptors (Lipinski definition) is 4. The molecule has 6 nitrogen and oxygen atoms in total. The lowest BCUT2D eigenvalue weighted by molar-refractivity contribution is -0.132. The van der Waals surface area contributed by atoms with E-state index in [1.165, 1.54) is 0 Å². The minimum absolute atomic E-state index is 0.0550. The fourth-order valence-corrected chi connectivity index (χ4v) is 2.44. The number of likely N-dealkylation sites (tertiary alicyclic amines) is 1. The van der Waals surface area contributed by atoms with Crippen LogP contribution in [0.1, 0.15) is 23.2 Å². The number of carbonyl (C=O) groups excluding carboxylic acids is 2. The average molecular weight is 276 g/mol. The topological polar surface area (TPSA) is 67.9 Å². The monoisotopic (exact) mass is 276 g/mol. The van der Waals surface area contributed by atoms with Crippen molar-refractivity contribution in [2.24, 2.45) is 0 Å². The highest BCUT2D eigenvalue weighted by Crippen LogP contribution is 2.35. The van der Waals surface area contributed by atoms with Crippen molar-refractivity contribution < 1.29 is 19.1 Å². The summed E-state index contributed by atoms with van der Waals surface area (Å²) in [4.78, 5) is 25.6. The van der Waals surface area contributed by atoms with Gasteiger partial charge in [-0.1, -0.05) is 6.07 Å². The maximum atomic E-state index is 12.3. The van der Waals surface area contributed by atoms with Crippen LogP contribution in [0.2, 0.25) is 0 Å². The molecule has 106 valence electrons. The van der Waals surface area contributed by atoms with Crippen molar-refractivity contribution in [2.45, 2.75) is 18.9 Å². The molecule has 1 aromatic carbocycles. The number of amides is 2. The number of rotatable bonds is 2. The predicted molar refractivity (Wildman–Crippen MR) is 70.7 cm³/mol. The van der Waals surface area contributed by atoms with Crippen molar-refractivity contribution in [2.75, 3.05) is 20.4 Å². The SMILES string of the molecule is CN1CCC(NC(=O)c2cccc3c2OCO3)CC1=O. The molecule has 0 radical (unpaired) electrons. The molecule has 3 rings (SSSR count). The number of fused-ring (bicyclic) bond motifs is 1. The first kappa shape index (κ1) is 12.8. The lowest BCUT2D eigenvalue weighted by Crippen LogP contribution is -2.46. The minimum Gasteiger partial charge on any atom is -0.454 e. The Kier molecular flexibility index (Phi) is 3.22. The highest BCUT2D eigenvalue weighted by Gasteiger charge is 2.27. The van der Waals surface area contributed by atoms with Crippen molar-refractivity contribution in [3.8, 4) is 11.5 Å². The van der Waals surface area contributed by atoms with Crippen LogP contribution in [-0.4, -0.2) is 43.1 Å². The molecule has 6 heteroatoms. The van der Waals surface area contributed by atoms with E-state index in [1.807, 2.05) is 0 Å². The zero-order valence-corrected chi connectivity index (χ0v) is 11.2. The van der Waals surface area contributed by atoms with Gasteiger partial charge in [0.15, 0.2) is 11.5 Å². The summed E-state index contributed by atoms with van der Waals surface area (Å²) in [5, 5.41) is 2.89. The molecule has 2 aliphatic heterocycles. The number of carbonyl (C=O) groups is 2. The van der Waals surface area contributed by atoms with Crippen LogP contribution < -0.4 is 14.8 Å². The molecular weight excluding hydrogens is 260 g/mol. The smallest absolute Gasteiger partial charge is 0.255 e. The Hall–Kier alpha value is -2.24. The summed E-state index contributed by atoms with van der Waals surface area (Å²) in [6.45, 7) is 0.794. The zero-order chi connectivity index (χ0) is 14.1. The summed E-state index contributed by atoms with van der Waals surface area (Å²) in [6.07, 6.45) is 1.11. The standard InChI is InChI=1S/C14H16N2O4/c1-16-6-5-9(7-12(16)17)15-14(18)10-3-2-4-11-13(10)20-8-19-11/h2-4,9H,5-8H2,1H3,(H,15,18). The Morgan fingerprint density at radius 2 is 2.25 bits per heavy atom. The number of piperidine rings is 1. The van der Waals surface area contributed by atoms with Gasteiger partial charge in [0.05, 0.1) is 5.56 Å². The van der Waals surface area contributed by atoms with Gasteiger partial charge >= 0.3 is 0 Å². The Labute approximate surface area is 116 Å². The van der Waals surface area contributed by atoms with Crippen molar-refractivity contribution in [3.63, 3.8) is 0 Å². The molecule has 0 bridgehead atoms. The third-order valence-corrected chi connectivity index (χ3v) is 3.64. The van der Waals surface area contributed by atoms with E-state index in [4.69, 9.17) is 9.47 Å². The van der Waals surface area contributed by atoms with E-state index in [9.17, 15) is 9.59 Å². The van der Waals surface area contributed by atoms with Gasteiger partial charge in [0.25, 0.3) is 5.91 Å². The van der Waals surface area contributed by atoms with E-state index in [0.29, 0.717) is 30.0 Å². The Morgan fingerprint density at radius 1 is 1.40 bits per heavy atom. The molecule has 1 saturated heterocycles. The fourth-order valence-electron chi connectivity index (χ4n) is 2.44. The highest BCUT2D eigenvalue weighted by molar-refractivity contribution is 5.98. The van der Waals surface area contributed by atoms with Crippen molar-refractivity contribution in [1.29, 1.82) is 0 Å². The molecule has 1 unspecified atom stereocenters. The van der Waals surface area contributed by atoms with Crippen LogP contribution in [0.25, 0.3) is 0 Å². The first-order chi connectivity index (χ1) is 9.65. The largest absolute Gasteiger partial charge is 0.454 e. The normalized spacial score (nSPS) is 20.9. The van der Waals surface area contributed by atoms with Crippen LogP contribution >= 0.6 is 0 Å². The minimum atomic E-state index is -0.227. The van der Waals surface area contributed by atoms with Crippen molar-refractivity contribution >= 4 is 11.8 Å². The lowest BCUT2D eigenvalue weighted by atomic mass is 10.0. The van der Waals surface area contributed by atoms with Crippen LogP contribution in [-0.2, 0) is 4.79 Å². The highest BCUT2D eigenvalue weighted by atomic mass is 16.7. The number of hydrogen-bond donors (Lipinski definition) is 1. The van der Waals surface area contributed by atoms with Crippen LogP contribution in [0.4, 0.5) is 0 Å². The van der Waals surface area contributed by atoms with Crippen LogP contribution in [0.15, 0.2) is 18.2 Å². The second-order valence-electron chi connectivity index (χ2n) is 5.02. The van der Waals surface area contributed by atoms with Gasteiger partial charge in [-0.3, -0.25) is 9.59 Å². The molecule has 1 fully saturated rings. The molecular formula is C14H16N2O4. The number of para-hydroxylation sites is 1. The average Bonchev–Trinajstić information content (AvgIpc) is 2.91. The third-order valence-electron chi connectivity index (χ3n) is 3.64. The fraction of sp³-hybridized carbons (Fsp3) is 0.429. The molecule has 2 amide bonds.